The lowest BCUT2D eigenvalue weighted by atomic mass is 9.86. The van der Waals surface area contributed by atoms with Gasteiger partial charge in [0.25, 0.3) is 0 Å². The third-order valence-electron chi connectivity index (χ3n) is 4.51. The number of piperidine rings is 1. The molecule has 19 heavy (non-hydrogen) atoms. The summed E-state index contributed by atoms with van der Waals surface area (Å²) in [6.45, 7) is 9.01. The molecule has 1 aromatic carbocycles. The van der Waals surface area contributed by atoms with Crippen LogP contribution in [0.4, 0.5) is 5.69 Å². The van der Waals surface area contributed by atoms with Crippen LogP contribution in [0.1, 0.15) is 51.7 Å². The first-order chi connectivity index (χ1) is 9.11. The number of hydrogen-bond acceptors (Lipinski definition) is 2. The number of aliphatic hydroxyl groups is 1. The van der Waals surface area contributed by atoms with Crippen molar-refractivity contribution in [1.29, 1.82) is 0 Å². The molecule has 106 valence electrons. The smallest absolute Gasteiger partial charge is 0.0787 e. The molecule has 1 aliphatic rings. The molecule has 0 saturated carbocycles. The highest BCUT2D eigenvalue weighted by atomic mass is 16.3. The van der Waals surface area contributed by atoms with Crippen molar-refractivity contribution in [3.05, 3.63) is 29.8 Å². The molecule has 0 aliphatic carbocycles. The van der Waals surface area contributed by atoms with Gasteiger partial charge in [-0.1, -0.05) is 32.9 Å². The average molecular weight is 261 g/mol. The van der Waals surface area contributed by atoms with Crippen molar-refractivity contribution in [3.8, 4) is 0 Å². The molecule has 0 bridgehead atoms. The maximum Gasteiger partial charge on any atom is 0.0787 e. The Bertz CT molecular complexity index is 377. The third-order valence-corrected chi connectivity index (χ3v) is 4.51. The van der Waals surface area contributed by atoms with E-state index in [1.807, 2.05) is 6.92 Å². The summed E-state index contributed by atoms with van der Waals surface area (Å²) in [6, 6.07) is 8.45. The molecule has 1 N–H and O–H groups in total. The lowest BCUT2D eigenvalue weighted by molar-refractivity contribution is 0.173. The van der Waals surface area contributed by atoms with Gasteiger partial charge in [0, 0.05) is 18.8 Å². The Morgan fingerprint density at radius 2 is 1.74 bits per heavy atom. The Morgan fingerprint density at radius 3 is 2.21 bits per heavy atom. The fourth-order valence-electron chi connectivity index (χ4n) is 2.97. The van der Waals surface area contributed by atoms with E-state index in [1.54, 1.807) is 0 Å². The van der Waals surface area contributed by atoms with E-state index in [-0.39, 0.29) is 6.10 Å². The van der Waals surface area contributed by atoms with Gasteiger partial charge in [-0.05, 0) is 48.8 Å². The fraction of sp³-hybridized carbons (Fsp3) is 0.647. The second kappa shape index (κ2) is 6.42. The summed E-state index contributed by atoms with van der Waals surface area (Å²) in [6.07, 6.45) is 3.06. The summed E-state index contributed by atoms with van der Waals surface area (Å²) in [5, 5.41) is 9.81. The minimum absolute atomic E-state index is 0.319. The van der Waals surface area contributed by atoms with Crippen LogP contribution in [0.25, 0.3) is 0 Å². The van der Waals surface area contributed by atoms with Gasteiger partial charge < -0.3 is 10.0 Å². The molecule has 0 amide bonds. The van der Waals surface area contributed by atoms with E-state index in [0.717, 1.165) is 23.8 Å². The van der Waals surface area contributed by atoms with Crippen molar-refractivity contribution >= 4 is 5.69 Å². The first-order valence-corrected chi connectivity index (χ1v) is 7.64. The third kappa shape index (κ3) is 3.50. The lowest BCUT2D eigenvalue weighted by Crippen LogP contribution is -2.35. The van der Waals surface area contributed by atoms with Crippen LogP contribution >= 0.6 is 0 Å². The van der Waals surface area contributed by atoms with Gasteiger partial charge in [0.1, 0.15) is 0 Å². The Morgan fingerprint density at radius 1 is 1.16 bits per heavy atom. The van der Waals surface area contributed by atoms with E-state index >= 15 is 0 Å². The molecule has 1 heterocycles. The van der Waals surface area contributed by atoms with Crippen molar-refractivity contribution < 1.29 is 5.11 Å². The van der Waals surface area contributed by atoms with E-state index in [2.05, 4.69) is 43.0 Å². The van der Waals surface area contributed by atoms with E-state index in [9.17, 15) is 5.11 Å². The number of anilines is 1. The molecule has 0 aromatic heterocycles. The highest BCUT2D eigenvalue weighted by molar-refractivity contribution is 5.48. The molecule has 0 spiro atoms. The molecule has 0 radical (unpaired) electrons. The minimum Gasteiger partial charge on any atom is -0.388 e. The first-order valence-electron chi connectivity index (χ1n) is 7.64. The highest BCUT2D eigenvalue weighted by Crippen LogP contribution is 2.28. The molecule has 2 nitrogen and oxygen atoms in total. The highest BCUT2D eigenvalue weighted by Gasteiger charge is 2.21. The van der Waals surface area contributed by atoms with E-state index in [1.165, 1.54) is 31.6 Å². The summed E-state index contributed by atoms with van der Waals surface area (Å²) >= 11 is 0. The Balaban J connectivity index is 1.96. The maximum absolute atomic E-state index is 9.81. The quantitative estimate of drug-likeness (QED) is 0.885. The second-order valence-corrected chi connectivity index (χ2v) is 6.08. The van der Waals surface area contributed by atoms with Crippen LogP contribution in [0.2, 0.25) is 0 Å². The Hall–Kier alpha value is -1.02. The zero-order chi connectivity index (χ0) is 13.8. The topological polar surface area (TPSA) is 23.5 Å². The van der Waals surface area contributed by atoms with Crippen molar-refractivity contribution in [1.82, 2.24) is 0 Å². The molecule has 0 unspecified atom stereocenters. The molecule has 1 aromatic rings. The number of rotatable bonds is 4. The van der Waals surface area contributed by atoms with Gasteiger partial charge in [-0.15, -0.1) is 0 Å². The predicted molar refractivity (Wildman–Crippen MR) is 81.5 cm³/mol. The summed E-state index contributed by atoms with van der Waals surface area (Å²) in [5.74, 6) is 1.70. The zero-order valence-corrected chi connectivity index (χ0v) is 12.5. The molecule has 2 heteroatoms. The standard InChI is InChI=1S/C17H27NO/c1-4-17(19)15-5-7-16(8-6-15)18-11-9-14(10-12-18)13(2)3/h5-8,13-14,17,19H,4,9-12H2,1-3H3/t17-/m1/s1. The lowest BCUT2D eigenvalue weighted by Gasteiger charge is -2.35. The molecule has 1 fully saturated rings. The number of aliphatic hydroxyl groups excluding tert-OH is 1. The number of nitrogens with zero attached hydrogens (tertiary/aromatic N) is 1. The summed E-state index contributed by atoms with van der Waals surface area (Å²) in [5.41, 5.74) is 2.33. The molecule has 1 saturated heterocycles. The zero-order valence-electron chi connectivity index (χ0n) is 12.5. The number of hydrogen-bond donors (Lipinski definition) is 1. The van der Waals surface area contributed by atoms with Crippen molar-refractivity contribution in [2.75, 3.05) is 18.0 Å². The maximum atomic E-state index is 9.81. The fourth-order valence-corrected chi connectivity index (χ4v) is 2.97. The molecule has 1 atom stereocenters. The normalized spacial score (nSPS) is 18.9. The predicted octanol–water partition coefficient (Wildman–Crippen LogP) is 4.00. The summed E-state index contributed by atoms with van der Waals surface area (Å²) in [7, 11) is 0. The average Bonchev–Trinajstić information content (AvgIpc) is 2.46. The molecular weight excluding hydrogens is 234 g/mol. The van der Waals surface area contributed by atoms with E-state index < -0.39 is 0 Å². The van der Waals surface area contributed by atoms with Crippen LogP contribution in [0.15, 0.2) is 24.3 Å². The Labute approximate surface area is 117 Å². The first kappa shape index (κ1) is 14.4. The van der Waals surface area contributed by atoms with Gasteiger partial charge in [0.05, 0.1) is 6.10 Å². The van der Waals surface area contributed by atoms with E-state index in [0.29, 0.717) is 0 Å². The monoisotopic (exact) mass is 261 g/mol. The van der Waals surface area contributed by atoms with Crippen molar-refractivity contribution in [2.24, 2.45) is 11.8 Å². The van der Waals surface area contributed by atoms with Gasteiger partial charge >= 0.3 is 0 Å². The summed E-state index contributed by atoms with van der Waals surface area (Å²) in [4.78, 5) is 2.47. The van der Waals surface area contributed by atoms with Gasteiger partial charge in [-0.2, -0.15) is 0 Å². The van der Waals surface area contributed by atoms with Crippen LogP contribution in [-0.4, -0.2) is 18.2 Å². The van der Waals surface area contributed by atoms with Crippen molar-refractivity contribution in [3.63, 3.8) is 0 Å². The molecule has 2 rings (SSSR count). The largest absolute Gasteiger partial charge is 0.388 e. The molecule has 1 aliphatic heterocycles. The van der Waals surface area contributed by atoms with Gasteiger partial charge in [0.15, 0.2) is 0 Å². The van der Waals surface area contributed by atoms with Crippen LogP contribution in [-0.2, 0) is 0 Å². The van der Waals surface area contributed by atoms with Crippen LogP contribution < -0.4 is 4.90 Å². The van der Waals surface area contributed by atoms with Gasteiger partial charge in [-0.3, -0.25) is 0 Å². The van der Waals surface area contributed by atoms with E-state index in [4.69, 9.17) is 0 Å². The van der Waals surface area contributed by atoms with Crippen LogP contribution in [0.3, 0.4) is 0 Å². The van der Waals surface area contributed by atoms with Crippen LogP contribution in [0, 0.1) is 11.8 Å². The Kier molecular flexibility index (Phi) is 4.87. The summed E-state index contributed by atoms with van der Waals surface area (Å²) < 4.78 is 0. The van der Waals surface area contributed by atoms with Crippen LogP contribution in [0.5, 0.6) is 0 Å². The van der Waals surface area contributed by atoms with Gasteiger partial charge in [-0.25, -0.2) is 0 Å². The SMILES string of the molecule is CC[C@@H](O)c1ccc(N2CCC(C(C)C)CC2)cc1. The second-order valence-electron chi connectivity index (χ2n) is 6.08. The van der Waals surface area contributed by atoms with Crippen molar-refractivity contribution in [2.45, 2.75) is 46.1 Å². The molecular formula is C17H27NO. The van der Waals surface area contributed by atoms with Gasteiger partial charge in [0.2, 0.25) is 0 Å². The minimum atomic E-state index is -0.319. The number of benzene rings is 1.